The van der Waals surface area contributed by atoms with Gasteiger partial charge in [0.1, 0.15) is 18.4 Å². The summed E-state index contributed by atoms with van der Waals surface area (Å²) in [7, 11) is 0. The SMILES string of the molecule is N#Cc1cc(Br)ccc1OCC1Cc2ccccc2S1. The third kappa shape index (κ3) is 2.84. The minimum Gasteiger partial charge on any atom is -0.491 e. The molecule has 0 amide bonds. The Morgan fingerprint density at radius 2 is 2.15 bits per heavy atom. The van der Waals surface area contributed by atoms with E-state index in [1.807, 2.05) is 23.9 Å². The number of nitriles is 1. The third-order valence-corrected chi connectivity index (χ3v) is 4.98. The standard InChI is InChI=1S/C16H12BrNOS/c17-13-5-6-15(12(7-13)9-18)19-10-14-8-11-3-1-2-4-16(11)20-14/h1-7,14H,8,10H2. The topological polar surface area (TPSA) is 33.0 Å². The van der Waals surface area contributed by atoms with E-state index in [2.05, 4.69) is 46.3 Å². The first-order chi connectivity index (χ1) is 9.76. The average Bonchev–Trinajstić information content (AvgIpc) is 2.88. The number of nitrogens with zero attached hydrogens (tertiary/aromatic N) is 1. The molecule has 0 bridgehead atoms. The molecule has 20 heavy (non-hydrogen) atoms. The Bertz CT molecular complexity index is 655. The summed E-state index contributed by atoms with van der Waals surface area (Å²) in [4.78, 5) is 1.34. The van der Waals surface area contributed by atoms with Gasteiger partial charge in [-0.05, 0) is 36.2 Å². The zero-order chi connectivity index (χ0) is 13.9. The fourth-order valence-electron chi connectivity index (χ4n) is 2.25. The molecule has 0 aromatic heterocycles. The largest absolute Gasteiger partial charge is 0.491 e. The highest BCUT2D eigenvalue weighted by atomic mass is 79.9. The Kier molecular flexibility index (Phi) is 4.00. The molecule has 0 saturated carbocycles. The van der Waals surface area contributed by atoms with Gasteiger partial charge in [0.05, 0.1) is 5.56 Å². The van der Waals surface area contributed by atoms with Gasteiger partial charge in [0.25, 0.3) is 0 Å². The van der Waals surface area contributed by atoms with E-state index < -0.39 is 0 Å². The summed E-state index contributed by atoms with van der Waals surface area (Å²) < 4.78 is 6.73. The Balaban J connectivity index is 1.66. The van der Waals surface area contributed by atoms with Crippen molar-refractivity contribution >= 4 is 27.7 Å². The predicted molar refractivity (Wildman–Crippen MR) is 84.1 cm³/mol. The molecule has 0 N–H and O–H groups in total. The lowest BCUT2D eigenvalue weighted by atomic mass is 10.1. The minimum atomic E-state index is 0.419. The zero-order valence-electron chi connectivity index (χ0n) is 10.7. The fourth-order valence-corrected chi connectivity index (χ4v) is 3.82. The van der Waals surface area contributed by atoms with Crippen LogP contribution in [0, 0.1) is 11.3 Å². The highest BCUT2D eigenvalue weighted by Crippen LogP contribution is 2.37. The molecule has 100 valence electrons. The zero-order valence-corrected chi connectivity index (χ0v) is 13.1. The molecule has 2 aromatic carbocycles. The molecule has 4 heteroatoms. The molecular weight excluding hydrogens is 334 g/mol. The van der Waals surface area contributed by atoms with Gasteiger partial charge in [-0.25, -0.2) is 0 Å². The molecule has 0 radical (unpaired) electrons. The second-order valence-electron chi connectivity index (χ2n) is 4.61. The van der Waals surface area contributed by atoms with Crippen LogP contribution in [0.15, 0.2) is 51.8 Å². The molecule has 0 spiro atoms. The van der Waals surface area contributed by atoms with Gasteiger partial charge in [-0.3, -0.25) is 0 Å². The molecule has 0 saturated heterocycles. The molecule has 0 aliphatic carbocycles. The highest BCUT2D eigenvalue weighted by Gasteiger charge is 2.22. The van der Waals surface area contributed by atoms with Gasteiger partial charge in [-0.2, -0.15) is 5.26 Å². The normalized spacial score (nSPS) is 16.5. The molecule has 1 heterocycles. The van der Waals surface area contributed by atoms with Crippen LogP contribution in [0.25, 0.3) is 0 Å². The molecule has 3 rings (SSSR count). The molecule has 1 aliphatic heterocycles. The van der Waals surface area contributed by atoms with E-state index in [0.29, 0.717) is 23.2 Å². The second-order valence-corrected chi connectivity index (χ2v) is 6.87. The van der Waals surface area contributed by atoms with E-state index in [4.69, 9.17) is 10.00 Å². The summed E-state index contributed by atoms with van der Waals surface area (Å²) in [6.45, 7) is 0.621. The van der Waals surface area contributed by atoms with Crippen molar-refractivity contribution in [3.8, 4) is 11.8 Å². The first-order valence-electron chi connectivity index (χ1n) is 6.33. The first kappa shape index (κ1) is 13.5. The monoisotopic (exact) mass is 345 g/mol. The lowest BCUT2D eigenvalue weighted by Gasteiger charge is -2.12. The number of halogens is 1. The van der Waals surface area contributed by atoms with Crippen LogP contribution in [0.5, 0.6) is 5.75 Å². The Morgan fingerprint density at radius 1 is 1.30 bits per heavy atom. The molecule has 2 aromatic rings. The maximum atomic E-state index is 9.12. The van der Waals surface area contributed by atoms with Crippen molar-refractivity contribution in [2.45, 2.75) is 16.6 Å². The van der Waals surface area contributed by atoms with Gasteiger partial charge in [-0.1, -0.05) is 34.1 Å². The van der Waals surface area contributed by atoms with Crippen molar-refractivity contribution in [1.82, 2.24) is 0 Å². The minimum absolute atomic E-state index is 0.419. The predicted octanol–water partition coefficient (Wildman–Crippen LogP) is 4.42. The van der Waals surface area contributed by atoms with Crippen molar-refractivity contribution in [3.05, 3.63) is 58.1 Å². The van der Waals surface area contributed by atoms with Gasteiger partial charge in [0.2, 0.25) is 0 Å². The van der Waals surface area contributed by atoms with Crippen LogP contribution in [0.3, 0.4) is 0 Å². The van der Waals surface area contributed by atoms with Crippen LogP contribution in [0.4, 0.5) is 0 Å². The van der Waals surface area contributed by atoms with Crippen LogP contribution in [-0.2, 0) is 6.42 Å². The van der Waals surface area contributed by atoms with Crippen LogP contribution in [0.2, 0.25) is 0 Å². The number of ether oxygens (including phenoxy) is 1. The second kappa shape index (κ2) is 5.90. The van der Waals surface area contributed by atoms with Gasteiger partial charge >= 0.3 is 0 Å². The summed E-state index contributed by atoms with van der Waals surface area (Å²) in [5.41, 5.74) is 1.96. The smallest absolute Gasteiger partial charge is 0.137 e. The van der Waals surface area contributed by atoms with Crippen LogP contribution in [0.1, 0.15) is 11.1 Å². The molecule has 1 atom stereocenters. The number of benzene rings is 2. The summed E-state index contributed by atoms with van der Waals surface area (Å²) in [6.07, 6.45) is 1.03. The van der Waals surface area contributed by atoms with Crippen LogP contribution >= 0.6 is 27.7 Å². The lowest BCUT2D eigenvalue weighted by Crippen LogP contribution is -2.13. The molecule has 0 fully saturated rings. The van der Waals surface area contributed by atoms with Crippen molar-refractivity contribution < 1.29 is 4.74 Å². The summed E-state index contributed by atoms with van der Waals surface area (Å²) in [5, 5.41) is 9.54. The quantitative estimate of drug-likeness (QED) is 0.825. The van der Waals surface area contributed by atoms with Crippen molar-refractivity contribution in [2.75, 3.05) is 6.61 Å². The van der Waals surface area contributed by atoms with E-state index >= 15 is 0 Å². The molecule has 2 nitrogen and oxygen atoms in total. The van der Waals surface area contributed by atoms with E-state index in [1.165, 1.54) is 10.5 Å². The number of hydrogen-bond acceptors (Lipinski definition) is 3. The highest BCUT2D eigenvalue weighted by molar-refractivity contribution is 9.10. The average molecular weight is 346 g/mol. The number of thioether (sulfide) groups is 1. The summed E-state index contributed by atoms with van der Waals surface area (Å²) in [5.74, 6) is 0.659. The van der Waals surface area contributed by atoms with Gasteiger partial charge in [0.15, 0.2) is 0 Å². The van der Waals surface area contributed by atoms with E-state index in [-0.39, 0.29) is 0 Å². The molecule has 1 unspecified atom stereocenters. The van der Waals surface area contributed by atoms with Crippen molar-refractivity contribution in [2.24, 2.45) is 0 Å². The number of fused-ring (bicyclic) bond motifs is 1. The summed E-state index contributed by atoms with van der Waals surface area (Å²) in [6, 6.07) is 16.2. The van der Waals surface area contributed by atoms with Gasteiger partial charge in [0, 0.05) is 14.6 Å². The Hall–Kier alpha value is -1.44. The number of rotatable bonds is 3. The molecular formula is C16H12BrNOS. The first-order valence-corrected chi connectivity index (χ1v) is 8.00. The van der Waals surface area contributed by atoms with Gasteiger partial charge < -0.3 is 4.74 Å². The molecule has 1 aliphatic rings. The Labute approximate surface area is 130 Å². The van der Waals surface area contributed by atoms with Crippen LogP contribution in [-0.4, -0.2) is 11.9 Å². The Morgan fingerprint density at radius 3 is 2.95 bits per heavy atom. The van der Waals surface area contributed by atoms with E-state index in [9.17, 15) is 0 Å². The van der Waals surface area contributed by atoms with Crippen molar-refractivity contribution in [3.63, 3.8) is 0 Å². The number of hydrogen-bond donors (Lipinski definition) is 0. The van der Waals surface area contributed by atoms with Gasteiger partial charge in [-0.15, -0.1) is 11.8 Å². The maximum absolute atomic E-state index is 9.12. The maximum Gasteiger partial charge on any atom is 0.137 e. The fraction of sp³-hybridized carbons (Fsp3) is 0.188. The van der Waals surface area contributed by atoms with Crippen LogP contribution < -0.4 is 4.74 Å². The summed E-state index contributed by atoms with van der Waals surface area (Å²) >= 11 is 5.22. The lowest BCUT2D eigenvalue weighted by molar-refractivity contribution is 0.316. The third-order valence-electron chi connectivity index (χ3n) is 3.20. The van der Waals surface area contributed by atoms with E-state index in [0.717, 1.165) is 10.9 Å². The van der Waals surface area contributed by atoms with E-state index in [1.54, 1.807) is 6.07 Å². The van der Waals surface area contributed by atoms with Crippen molar-refractivity contribution in [1.29, 1.82) is 5.26 Å².